The van der Waals surface area contributed by atoms with Gasteiger partial charge < -0.3 is 14.5 Å². The van der Waals surface area contributed by atoms with Gasteiger partial charge in [0, 0.05) is 20.7 Å². The highest BCUT2D eigenvalue weighted by molar-refractivity contribution is 7.89. The summed E-state index contributed by atoms with van der Waals surface area (Å²) in [5.74, 6) is 2.82. The Morgan fingerprint density at radius 3 is 2.89 bits per heavy atom. The maximum absolute atomic E-state index is 12.0. The fourth-order valence-corrected chi connectivity index (χ4v) is 2.35. The molecule has 1 N–H and O–H groups in total. The molecule has 0 saturated heterocycles. The van der Waals surface area contributed by atoms with E-state index in [0.29, 0.717) is 25.5 Å². The first-order valence-corrected chi connectivity index (χ1v) is 7.14. The Morgan fingerprint density at radius 1 is 1.53 bits per heavy atom. The molecule has 0 fully saturated rings. The number of sulfonamides is 1. The van der Waals surface area contributed by atoms with Gasteiger partial charge in [0.05, 0.1) is 19.7 Å². The summed E-state index contributed by atoms with van der Waals surface area (Å²) >= 11 is 0. The summed E-state index contributed by atoms with van der Waals surface area (Å²) in [4.78, 5) is 0. The molecule has 1 aromatic heterocycles. The predicted octanol–water partition coefficient (Wildman–Crippen LogP) is 0.269. The van der Waals surface area contributed by atoms with E-state index in [1.165, 1.54) is 13.1 Å². The SMILES string of the molecule is C#CCN(C)S(=O)(=O)c1ccc(CNCCOC)o1. The number of hydrogen-bond acceptors (Lipinski definition) is 5. The summed E-state index contributed by atoms with van der Waals surface area (Å²) in [6.45, 7) is 1.69. The molecule has 0 aromatic carbocycles. The molecular weight excluding hydrogens is 268 g/mol. The number of methoxy groups -OCH3 is 1. The van der Waals surface area contributed by atoms with E-state index in [-0.39, 0.29) is 11.6 Å². The summed E-state index contributed by atoms with van der Waals surface area (Å²) in [5, 5.41) is 2.96. The number of furan rings is 1. The van der Waals surface area contributed by atoms with Gasteiger partial charge in [-0.2, -0.15) is 4.31 Å². The molecule has 0 amide bonds. The van der Waals surface area contributed by atoms with Crippen LogP contribution in [0.15, 0.2) is 21.6 Å². The molecule has 7 heteroatoms. The Kier molecular flexibility index (Phi) is 6.05. The van der Waals surface area contributed by atoms with E-state index in [2.05, 4.69) is 11.2 Å². The van der Waals surface area contributed by atoms with E-state index in [4.69, 9.17) is 15.6 Å². The molecule has 0 aliphatic rings. The van der Waals surface area contributed by atoms with Crippen LogP contribution in [0.3, 0.4) is 0 Å². The van der Waals surface area contributed by atoms with E-state index >= 15 is 0 Å². The molecule has 1 rings (SSSR count). The summed E-state index contributed by atoms with van der Waals surface area (Å²) in [6.07, 6.45) is 5.10. The van der Waals surface area contributed by atoms with Crippen molar-refractivity contribution in [3.63, 3.8) is 0 Å². The van der Waals surface area contributed by atoms with E-state index in [1.807, 2.05) is 0 Å². The van der Waals surface area contributed by atoms with E-state index in [1.54, 1.807) is 13.2 Å². The fraction of sp³-hybridized carbons (Fsp3) is 0.500. The maximum Gasteiger partial charge on any atom is 0.277 e. The van der Waals surface area contributed by atoms with Crippen LogP contribution in [-0.4, -0.2) is 46.6 Å². The summed E-state index contributed by atoms with van der Waals surface area (Å²) in [5.41, 5.74) is 0. The molecule has 0 aliphatic carbocycles. The van der Waals surface area contributed by atoms with Crippen molar-refractivity contribution in [2.75, 3.05) is 33.9 Å². The summed E-state index contributed by atoms with van der Waals surface area (Å²) in [7, 11) is -0.621. The highest BCUT2D eigenvalue weighted by Crippen LogP contribution is 2.17. The molecule has 0 bridgehead atoms. The summed E-state index contributed by atoms with van der Waals surface area (Å²) < 4.78 is 35.3. The van der Waals surface area contributed by atoms with Gasteiger partial charge in [0.1, 0.15) is 5.76 Å². The molecule has 0 spiro atoms. The minimum Gasteiger partial charge on any atom is -0.447 e. The third-order valence-corrected chi connectivity index (χ3v) is 4.08. The number of terminal acetylenes is 1. The smallest absolute Gasteiger partial charge is 0.277 e. The summed E-state index contributed by atoms with van der Waals surface area (Å²) in [6, 6.07) is 3.05. The van der Waals surface area contributed by atoms with Crippen molar-refractivity contribution in [2.45, 2.75) is 11.6 Å². The van der Waals surface area contributed by atoms with Crippen molar-refractivity contribution < 1.29 is 17.6 Å². The van der Waals surface area contributed by atoms with E-state index in [0.717, 1.165) is 4.31 Å². The van der Waals surface area contributed by atoms with Crippen LogP contribution in [0.2, 0.25) is 0 Å². The quantitative estimate of drug-likeness (QED) is 0.548. The third kappa shape index (κ3) is 4.36. The van der Waals surface area contributed by atoms with Crippen LogP contribution in [0.25, 0.3) is 0 Å². The third-order valence-electron chi connectivity index (χ3n) is 2.40. The van der Waals surface area contributed by atoms with Crippen molar-refractivity contribution in [2.24, 2.45) is 0 Å². The van der Waals surface area contributed by atoms with Crippen molar-refractivity contribution >= 4 is 10.0 Å². The fourth-order valence-electron chi connectivity index (χ4n) is 1.34. The van der Waals surface area contributed by atoms with Crippen LogP contribution < -0.4 is 5.32 Å². The minimum absolute atomic E-state index is 0.00442. The molecule has 0 atom stereocenters. The first-order chi connectivity index (χ1) is 9.02. The average molecular weight is 286 g/mol. The molecule has 0 aliphatic heterocycles. The molecule has 0 radical (unpaired) electrons. The lowest BCUT2D eigenvalue weighted by Gasteiger charge is -2.11. The van der Waals surface area contributed by atoms with Gasteiger partial charge >= 0.3 is 0 Å². The Balaban J connectivity index is 2.66. The largest absolute Gasteiger partial charge is 0.447 e. The Labute approximate surface area is 113 Å². The molecule has 1 heterocycles. The standard InChI is InChI=1S/C12H18N2O4S/c1-4-8-14(2)19(15,16)12-6-5-11(18-12)10-13-7-9-17-3/h1,5-6,13H,7-10H2,2-3H3. The lowest BCUT2D eigenvalue weighted by atomic mass is 10.4. The number of nitrogens with one attached hydrogen (secondary N) is 1. The van der Waals surface area contributed by atoms with Crippen LogP contribution in [0.4, 0.5) is 0 Å². The first-order valence-electron chi connectivity index (χ1n) is 5.70. The second-order valence-corrected chi connectivity index (χ2v) is 5.83. The first kappa shape index (κ1) is 15.7. The topological polar surface area (TPSA) is 71.8 Å². The molecule has 106 valence electrons. The van der Waals surface area contributed by atoms with E-state index in [9.17, 15) is 8.42 Å². The minimum atomic E-state index is -3.64. The Bertz CT molecular complexity index is 530. The van der Waals surface area contributed by atoms with Gasteiger partial charge in [0.2, 0.25) is 5.09 Å². The Hall–Kier alpha value is -1.33. The van der Waals surface area contributed by atoms with Crippen molar-refractivity contribution in [1.29, 1.82) is 0 Å². The molecular formula is C12H18N2O4S. The lowest BCUT2D eigenvalue weighted by Crippen LogP contribution is -2.26. The number of nitrogens with zero attached hydrogens (tertiary/aromatic N) is 1. The van der Waals surface area contributed by atoms with Gasteiger partial charge in [0.25, 0.3) is 10.0 Å². The lowest BCUT2D eigenvalue weighted by molar-refractivity contribution is 0.198. The van der Waals surface area contributed by atoms with Crippen LogP contribution in [0, 0.1) is 12.3 Å². The van der Waals surface area contributed by atoms with Crippen molar-refractivity contribution in [3.8, 4) is 12.3 Å². The zero-order chi connectivity index (χ0) is 14.3. The zero-order valence-electron chi connectivity index (χ0n) is 11.0. The monoisotopic (exact) mass is 286 g/mol. The molecule has 0 unspecified atom stereocenters. The normalized spacial score (nSPS) is 11.7. The van der Waals surface area contributed by atoms with E-state index < -0.39 is 10.0 Å². The van der Waals surface area contributed by atoms with Crippen LogP contribution >= 0.6 is 0 Å². The highest BCUT2D eigenvalue weighted by Gasteiger charge is 2.23. The van der Waals surface area contributed by atoms with Gasteiger partial charge in [-0.3, -0.25) is 0 Å². The number of hydrogen-bond donors (Lipinski definition) is 1. The van der Waals surface area contributed by atoms with Gasteiger partial charge in [-0.15, -0.1) is 6.42 Å². The van der Waals surface area contributed by atoms with Gasteiger partial charge in [0.15, 0.2) is 0 Å². The average Bonchev–Trinajstić information content (AvgIpc) is 2.84. The Morgan fingerprint density at radius 2 is 2.26 bits per heavy atom. The van der Waals surface area contributed by atoms with Crippen molar-refractivity contribution in [1.82, 2.24) is 9.62 Å². The number of ether oxygens (including phenoxy) is 1. The molecule has 1 aromatic rings. The molecule has 0 saturated carbocycles. The predicted molar refractivity (Wildman–Crippen MR) is 70.9 cm³/mol. The second kappa shape index (κ2) is 7.31. The molecule has 6 nitrogen and oxygen atoms in total. The van der Waals surface area contributed by atoms with Crippen LogP contribution in [0.1, 0.15) is 5.76 Å². The maximum atomic E-state index is 12.0. The highest BCUT2D eigenvalue weighted by atomic mass is 32.2. The second-order valence-electron chi connectivity index (χ2n) is 3.86. The van der Waals surface area contributed by atoms with Crippen LogP contribution in [-0.2, 0) is 21.3 Å². The zero-order valence-corrected chi connectivity index (χ0v) is 11.9. The van der Waals surface area contributed by atoms with Gasteiger partial charge in [-0.1, -0.05) is 5.92 Å². The van der Waals surface area contributed by atoms with Gasteiger partial charge in [-0.25, -0.2) is 8.42 Å². The van der Waals surface area contributed by atoms with Gasteiger partial charge in [-0.05, 0) is 12.1 Å². The molecule has 19 heavy (non-hydrogen) atoms. The van der Waals surface area contributed by atoms with Crippen LogP contribution in [0.5, 0.6) is 0 Å². The number of rotatable bonds is 8. The van der Waals surface area contributed by atoms with Crippen molar-refractivity contribution in [3.05, 3.63) is 17.9 Å².